The summed E-state index contributed by atoms with van der Waals surface area (Å²) in [6.45, 7) is 0. The summed E-state index contributed by atoms with van der Waals surface area (Å²) in [5.41, 5.74) is 8.43. The normalized spacial score (nSPS) is 16.8. The van der Waals surface area contributed by atoms with Gasteiger partial charge < -0.3 is 20.1 Å². The van der Waals surface area contributed by atoms with Crippen LogP contribution in [0, 0.1) is 12.3 Å². The van der Waals surface area contributed by atoms with Gasteiger partial charge in [-0.2, -0.15) is 13.2 Å². The minimum atomic E-state index is -4.61. The minimum Gasteiger partial charge on any atom is -0.493 e. The highest BCUT2D eigenvalue weighted by atomic mass is 35.5. The summed E-state index contributed by atoms with van der Waals surface area (Å²) in [7, 11) is 3.00. The van der Waals surface area contributed by atoms with Crippen LogP contribution in [-0.4, -0.2) is 25.8 Å². The van der Waals surface area contributed by atoms with E-state index in [1.54, 1.807) is 36.4 Å². The average molecular weight is 515 g/mol. The number of ether oxygens (including phenoxy) is 2. The van der Waals surface area contributed by atoms with Crippen molar-refractivity contribution < 1.29 is 22.6 Å². The molecule has 0 saturated heterocycles. The third-order valence-electron chi connectivity index (χ3n) is 5.54. The van der Waals surface area contributed by atoms with E-state index in [-0.39, 0.29) is 6.42 Å². The zero-order valence-electron chi connectivity index (χ0n) is 19.3. The molecule has 1 aliphatic rings. The molecular formula is C26H22ClF3N4O2. The number of hydrogen-bond donors (Lipinski definition) is 3. The number of methoxy groups -OCH3 is 2. The quantitative estimate of drug-likeness (QED) is 0.392. The van der Waals surface area contributed by atoms with Crippen LogP contribution in [0.1, 0.15) is 22.3 Å². The van der Waals surface area contributed by atoms with E-state index in [1.807, 2.05) is 0 Å². The molecule has 0 amide bonds. The largest absolute Gasteiger partial charge is 0.493 e. The molecule has 4 N–H and O–H groups in total. The van der Waals surface area contributed by atoms with Gasteiger partial charge in [-0.1, -0.05) is 29.7 Å². The molecule has 1 atom stereocenters. The van der Waals surface area contributed by atoms with Crippen LogP contribution in [-0.2, 0) is 12.6 Å². The molecule has 0 bridgehead atoms. The van der Waals surface area contributed by atoms with Gasteiger partial charge in [0.05, 0.1) is 30.5 Å². The van der Waals surface area contributed by atoms with Gasteiger partial charge in [-0.25, -0.2) is 4.99 Å². The standard InChI is InChI=1S/C26H22ClF3N4O2/c1-4-15-6-5-7-17(10-15)32-24-18-12-22(35-2)23(36-3)13-21(18)33-25(31,34-24)14-16-8-9-20(27)19(11-16)26(28,29)30/h1,5-13,33H,14,31H2,2-3H3,(H,32,34). The fourth-order valence-electron chi connectivity index (χ4n) is 3.91. The number of nitrogens with zero attached hydrogens (tertiary/aromatic N) is 1. The van der Waals surface area contributed by atoms with Crippen molar-refractivity contribution in [2.45, 2.75) is 18.4 Å². The predicted octanol–water partition coefficient (Wildman–Crippen LogP) is 5.50. The number of terminal acetylenes is 1. The number of aliphatic imine (C=N–C) groups is 1. The zero-order chi connectivity index (χ0) is 26.1. The summed E-state index contributed by atoms with van der Waals surface area (Å²) in [4.78, 5) is 4.66. The molecule has 36 heavy (non-hydrogen) atoms. The van der Waals surface area contributed by atoms with Gasteiger partial charge in [0.2, 0.25) is 0 Å². The van der Waals surface area contributed by atoms with E-state index in [9.17, 15) is 13.2 Å². The number of benzene rings is 3. The molecule has 0 aliphatic carbocycles. The summed E-state index contributed by atoms with van der Waals surface area (Å²) in [5.74, 6) is 2.33. The number of fused-ring (bicyclic) bond motifs is 1. The lowest BCUT2D eigenvalue weighted by Crippen LogP contribution is -2.51. The van der Waals surface area contributed by atoms with Crippen molar-refractivity contribution >= 4 is 28.8 Å². The van der Waals surface area contributed by atoms with Crippen molar-refractivity contribution in [2.24, 2.45) is 10.7 Å². The Labute approximate surface area is 211 Å². The highest BCUT2D eigenvalue weighted by Gasteiger charge is 2.36. The molecule has 4 rings (SSSR count). The highest BCUT2D eigenvalue weighted by Crippen LogP contribution is 2.39. The second kappa shape index (κ2) is 9.64. The van der Waals surface area contributed by atoms with Gasteiger partial charge in [-0.05, 0) is 42.0 Å². The van der Waals surface area contributed by atoms with Gasteiger partial charge in [0, 0.05) is 29.3 Å². The number of nitrogens with two attached hydrogens (primary N) is 1. The smallest absolute Gasteiger partial charge is 0.417 e. The zero-order valence-corrected chi connectivity index (χ0v) is 20.1. The molecule has 1 heterocycles. The molecule has 0 spiro atoms. The number of nitrogens with one attached hydrogen (secondary N) is 2. The fraction of sp³-hybridized carbons (Fsp3) is 0.192. The van der Waals surface area contributed by atoms with Crippen molar-refractivity contribution in [1.82, 2.24) is 0 Å². The Balaban J connectivity index is 1.79. The van der Waals surface area contributed by atoms with Gasteiger partial charge >= 0.3 is 6.18 Å². The molecule has 186 valence electrons. The number of amidine groups is 1. The Morgan fingerprint density at radius 2 is 1.83 bits per heavy atom. The van der Waals surface area contributed by atoms with E-state index in [0.717, 1.165) is 6.07 Å². The van der Waals surface area contributed by atoms with E-state index < -0.39 is 22.5 Å². The first-order valence-corrected chi connectivity index (χ1v) is 11.1. The van der Waals surface area contributed by atoms with Crippen molar-refractivity contribution in [1.29, 1.82) is 0 Å². The first kappa shape index (κ1) is 25.2. The molecule has 1 unspecified atom stereocenters. The van der Waals surface area contributed by atoms with E-state index in [4.69, 9.17) is 33.2 Å². The lowest BCUT2D eigenvalue weighted by atomic mass is 10.0. The first-order chi connectivity index (χ1) is 17.0. The topological polar surface area (TPSA) is 80.9 Å². The Morgan fingerprint density at radius 1 is 1.11 bits per heavy atom. The summed E-state index contributed by atoms with van der Waals surface area (Å²) >= 11 is 5.78. The lowest BCUT2D eigenvalue weighted by molar-refractivity contribution is -0.137. The van der Waals surface area contributed by atoms with Crippen LogP contribution in [0.4, 0.5) is 24.5 Å². The minimum absolute atomic E-state index is 0.0728. The molecule has 6 nitrogen and oxygen atoms in total. The third-order valence-corrected chi connectivity index (χ3v) is 5.87. The van der Waals surface area contributed by atoms with Crippen LogP contribution in [0.25, 0.3) is 0 Å². The number of anilines is 2. The first-order valence-electron chi connectivity index (χ1n) is 10.7. The van der Waals surface area contributed by atoms with Crippen LogP contribution in [0.5, 0.6) is 11.5 Å². The van der Waals surface area contributed by atoms with Crippen LogP contribution in [0.15, 0.2) is 59.6 Å². The molecule has 0 radical (unpaired) electrons. The van der Waals surface area contributed by atoms with E-state index >= 15 is 0 Å². The Hall–Kier alpha value is -3.87. The summed E-state index contributed by atoms with van der Waals surface area (Å²) < 4.78 is 51.1. The predicted molar refractivity (Wildman–Crippen MR) is 135 cm³/mol. The maximum atomic E-state index is 13.4. The van der Waals surface area contributed by atoms with Gasteiger partial charge in [0.1, 0.15) is 5.84 Å². The lowest BCUT2D eigenvalue weighted by Gasteiger charge is -2.35. The van der Waals surface area contributed by atoms with E-state index in [1.165, 1.54) is 26.4 Å². The van der Waals surface area contributed by atoms with Crippen molar-refractivity contribution in [3.8, 4) is 23.8 Å². The highest BCUT2D eigenvalue weighted by molar-refractivity contribution is 6.31. The molecule has 0 aromatic heterocycles. The summed E-state index contributed by atoms with van der Waals surface area (Å²) in [6, 6.07) is 14.2. The molecule has 3 aromatic carbocycles. The number of alkyl halides is 3. The van der Waals surface area contributed by atoms with Crippen LogP contribution >= 0.6 is 11.6 Å². The monoisotopic (exact) mass is 514 g/mol. The number of hydrogen-bond acceptors (Lipinski definition) is 6. The van der Waals surface area contributed by atoms with Crippen molar-refractivity contribution in [2.75, 3.05) is 24.9 Å². The Kier molecular flexibility index (Phi) is 6.76. The van der Waals surface area contributed by atoms with Crippen LogP contribution < -0.4 is 25.8 Å². The molecular weight excluding hydrogens is 493 g/mol. The van der Waals surface area contributed by atoms with Crippen LogP contribution in [0.2, 0.25) is 5.02 Å². The van der Waals surface area contributed by atoms with Crippen molar-refractivity contribution in [3.05, 3.63) is 81.9 Å². The second-order valence-corrected chi connectivity index (χ2v) is 8.51. The van der Waals surface area contributed by atoms with Gasteiger partial charge in [-0.3, -0.25) is 5.73 Å². The third kappa shape index (κ3) is 5.20. The summed E-state index contributed by atoms with van der Waals surface area (Å²) in [6.07, 6.45) is 0.842. The van der Waals surface area contributed by atoms with Gasteiger partial charge in [0.25, 0.3) is 0 Å². The molecule has 1 aliphatic heterocycles. The van der Waals surface area contributed by atoms with Crippen LogP contribution in [0.3, 0.4) is 0 Å². The molecule has 3 aromatic rings. The fourth-order valence-corrected chi connectivity index (χ4v) is 4.14. The Morgan fingerprint density at radius 3 is 2.50 bits per heavy atom. The van der Waals surface area contributed by atoms with E-state index in [2.05, 4.69) is 21.5 Å². The van der Waals surface area contributed by atoms with Gasteiger partial charge in [0.15, 0.2) is 17.3 Å². The van der Waals surface area contributed by atoms with E-state index in [0.29, 0.717) is 45.4 Å². The molecule has 0 saturated carbocycles. The molecule has 10 heteroatoms. The second-order valence-electron chi connectivity index (χ2n) is 8.10. The molecule has 0 fully saturated rings. The van der Waals surface area contributed by atoms with Crippen molar-refractivity contribution in [3.63, 3.8) is 0 Å². The van der Waals surface area contributed by atoms with Gasteiger partial charge in [-0.15, -0.1) is 6.42 Å². The Bertz CT molecular complexity index is 1380. The SMILES string of the molecule is C#Cc1cccc(NC2=NC(N)(Cc3ccc(Cl)c(C(F)(F)F)c3)Nc3cc(OC)c(OC)cc32)c1. The maximum Gasteiger partial charge on any atom is 0.417 e. The maximum absolute atomic E-state index is 13.4. The summed E-state index contributed by atoms with van der Waals surface area (Å²) in [5, 5.41) is 5.96. The average Bonchev–Trinajstić information content (AvgIpc) is 2.83. The number of rotatable bonds is 5. The number of halogens is 4.